The minimum absolute atomic E-state index is 0.144. The zero-order valence-corrected chi connectivity index (χ0v) is 9.58. The summed E-state index contributed by atoms with van der Waals surface area (Å²) in [6.07, 6.45) is 2.13. The molecular formula is C9H12BrNS. The lowest BCUT2D eigenvalue weighted by Gasteiger charge is -2.03. The lowest BCUT2D eigenvalue weighted by atomic mass is 10.1. The molecule has 1 aromatic rings. The molecule has 0 amide bonds. The van der Waals surface area contributed by atoms with Gasteiger partial charge in [0.15, 0.2) is 0 Å². The van der Waals surface area contributed by atoms with Gasteiger partial charge in [-0.25, -0.2) is 0 Å². The van der Waals surface area contributed by atoms with Crippen molar-refractivity contribution in [2.75, 3.05) is 0 Å². The number of rotatable bonds is 2. The second-order valence-electron chi connectivity index (χ2n) is 2.82. The molecule has 1 nitrogen and oxygen atoms in total. The number of halogens is 1. The molecule has 0 radical (unpaired) electrons. The summed E-state index contributed by atoms with van der Waals surface area (Å²) >= 11 is 5.14. The number of nitrogens with two attached hydrogens (primary N) is 1. The minimum atomic E-state index is 0.144. The molecule has 0 fully saturated rings. The van der Waals surface area contributed by atoms with Gasteiger partial charge in [-0.1, -0.05) is 5.57 Å². The quantitative estimate of drug-likeness (QED) is 0.851. The van der Waals surface area contributed by atoms with Crippen LogP contribution in [0.15, 0.2) is 21.5 Å². The molecule has 0 bridgehead atoms. The van der Waals surface area contributed by atoms with E-state index in [1.165, 1.54) is 10.5 Å². The van der Waals surface area contributed by atoms with Crippen molar-refractivity contribution >= 4 is 33.3 Å². The molecule has 12 heavy (non-hydrogen) atoms. The van der Waals surface area contributed by atoms with Crippen LogP contribution < -0.4 is 5.73 Å². The smallest absolute Gasteiger partial charge is 0.0704 e. The fourth-order valence-electron chi connectivity index (χ4n) is 0.762. The molecule has 1 heterocycles. The molecule has 0 aromatic carbocycles. The molecule has 1 unspecified atom stereocenters. The van der Waals surface area contributed by atoms with E-state index in [1.54, 1.807) is 11.3 Å². The lowest BCUT2D eigenvalue weighted by molar-refractivity contribution is 0.868. The van der Waals surface area contributed by atoms with Crippen molar-refractivity contribution in [1.29, 1.82) is 0 Å². The Kier molecular flexibility index (Phi) is 3.50. The molecule has 1 aromatic heterocycles. The van der Waals surface area contributed by atoms with E-state index >= 15 is 0 Å². The maximum Gasteiger partial charge on any atom is 0.0704 e. The third-order valence-corrected chi connectivity index (χ3v) is 3.25. The third kappa shape index (κ3) is 2.73. The fourth-order valence-corrected chi connectivity index (χ4v) is 2.20. The molecule has 0 aliphatic carbocycles. The van der Waals surface area contributed by atoms with Gasteiger partial charge in [-0.05, 0) is 48.0 Å². The van der Waals surface area contributed by atoms with Crippen LogP contribution in [0.3, 0.4) is 0 Å². The van der Waals surface area contributed by atoms with E-state index in [1.807, 2.05) is 13.0 Å². The third-order valence-electron chi connectivity index (χ3n) is 1.68. The van der Waals surface area contributed by atoms with Crippen molar-refractivity contribution in [3.63, 3.8) is 0 Å². The molecule has 1 rings (SSSR count). The van der Waals surface area contributed by atoms with Gasteiger partial charge in [0.05, 0.1) is 3.79 Å². The van der Waals surface area contributed by atoms with Crippen molar-refractivity contribution in [2.24, 2.45) is 5.73 Å². The largest absolute Gasteiger partial charge is 0.324 e. The van der Waals surface area contributed by atoms with Crippen LogP contribution in [0.1, 0.15) is 18.7 Å². The van der Waals surface area contributed by atoms with Crippen molar-refractivity contribution in [3.05, 3.63) is 26.4 Å². The Morgan fingerprint density at radius 3 is 2.75 bits per heavy atom. The summed E-state index contributed by atoms with van der Waals surface area (Å²) in [6.45, 7) is 4.05. The first-order chi connectivity index (χ1) is 5.59. The monoisotopic (exact) mass is 245 g/mol. The highest BCUT2D eigenvalue weighted by atomic mass is 79.9. The Morgan fingerprint density at radius 1 is 1.67 bits per heavy atom. The van der Waals surface area contributed by atoms with Gasteiger partial charge in [0.25, 0.3) is 0 Å². The molecule has 2 N–H and O–H groups in total. The van der Waals surface area contributed by atoms with Crippen LogP contribution in [-0.2, 0) is 0 Å². The molecule has 0 aliphatic rings. The van der Waals surface area contributed by atoms with E-state index in [-0.39, 0.29) is 6.04 Å². The lowest BCUT2D eigenvalue weighted by Crippen LogP contribution is -2.15. The van der Waals surface area contributed by atoms with Crippen LogP contribution in [0.4, 0.5) is 0 Å². The maximum atomic E-state index is 5.72. The van der Waals surface area contributed by atoms with E-state index < -0.39 is 0 Å². The molecule has 0 saturated carbocycles. The number of thiophene rings is 1. The Morgan fingerprint density at radius 2 is 2.33 bits per heavy atom. The second-order valence-corrected chi connectivity index (χ2v) is 5.31. The van der Waals surface area contributed by atoms with Gasteiger partial charge in [0, 0.05) is 10.9 Å². The van der Waals surface area contributed by atoms with Gasteiger partial charge < -0.3 is 5.73 Å². The van der Waals surface area contributed by atoms with Gasteiger partial charge in [-0.15, -0.1) is 11.3 Å². The van der Waals surface area contributed by atoms with E-state index in [4.69, 9.17) is 5.73 Å². The molecule has 0 aliphatic heterocycles. The second kappa shape index (κ2) is 4.21. The van der Waals surface area contributed by atoms with Crippen molar-refractivity contribution in [1.82, 2.24) is 0 Å². The Balaban J connectivity index is 2.80. The van der Waals surface area contributed by atoms with Crippen molar-refractivity contribution < 1.29 is 0 Å². The van der Waals surface area contributed by atoms with Gasteiger partial charge in [0.2, 0.25) is 0 Å². The van der Waals surface area contributed by atoms with Crippen LogP contribution in [0.25, 0.3) is 6.08 Å². The molecule has 0 spiro atoms. The topological polar surface area (TPSA) is 26.0 Å². The minimum Gasteiger partial charge on any atom is -0.324 e. The van der Waals surface area contributed by atoms with Crippen molar-refractivity contribution in [3.8, 4) is 0 Å². The van der Waals surface area contributed by atoms with Gasteiger partial charge in [-0.2, -0.15) is 0 Å². The van der Waals surface area contributed by atoms with Crippen LogP contribution in [0, 0.1) is 0 Å². The summed E-state index contributed by atoms with van der Waals surface area (Å²) in [7, 11) is 0. The van der Waals surface area contributed by atoms with Crippen molar-refractivity contribution in [2.45, 2.75) is 19.9 Å². The fraction of sp³-hybridized carbons (Fsp3) is 0.333. The standard InChI is InChI=1S/C9H12BrNS/c1-6(7(2)11)5-8-3-4-9(10)12-8/h3-5,7H,11H2,1-2H3/b6-5+. The van der Waals surface area contributed by atoms with Gasteiger partial charge in [0.1, 0.15) is 0 Å². The zero-order chi connectivity index (χ0) is 9.14. The first-order valence-electron chi connectivity index (χ1n) is 3.78. The van der Waals surface area contributed by atoms with Crippen LogP contribution in [0.5, 0.6) is 0 Å². The average Bonchev–Trinajstić information content (AvgIpc) is 2.35. The Labute approximate surface area is 85.4 Å². The van der Waals surface area contributed by atoms with E-state index in [2.05, 4.69) is 35.0 Å². The molecule has 66 valence electrons. The SMILES string of the molecule is C/C(=C\c1ccc(Br)s1)C(C)N. The van der Waals surface area contributed by atoms with E-state index in [0.29, 0.717) is 0 Å². The van der Waals surface area contributed by atoms with Crippen LogP contribution >= 0.6 is 27.3 Å². The molecule has 0 saturated heterocycles. The highest BCUT2D eigenvalue weighted by Gasteiger charge is 1.98. The summed E-state index contributed by atoms with van der Waals surface area (Å²) in [5.74, 6) is 0. The Hall–Kier alpha value is -0.120. The highest BCUT2D eigenvalue weighted by Crippen LogP contribution is 2.24. The first kappa shape index (κ1) is 9.96. The summed E-state index contributed by atoms with van der Waals surface area (Å²) in [4.78, 5) is 1.25. The normalized spacial score (nSPS) is 14.8. The van der Waals surface area contributed by atoms with Crippen LogP contribution in [-0.4, -0.2) is 6.04 Å². The molecule has 3 heteroatoms. The number of hydrogen-bond donors (Lipinski definition) is 1. The summed E-state index contributed by atoms with van der Waals surface area (Å²) in [5.41, 5.74) is 6.93. The maximum absolute atomic E-state index is 5.72. The van der Waals surface area contributed by atoms with Gasteiger partial charge in [-0.3, -0.25) is 0 Å². The molecular weight excluding hydrogens is 234 g/mol. The summed E-state index contributed by atoms with van der Waals surface area (Å²) in [6, 6.07) is 4.27. The summed E-state index contributed by atoms with van der Waals surface area (Å²) < 4.78 is 1.16. The Bertz CT molecular complexity index is 288. The first-order valence-corrected chi connectivity index (χ1v) is 5.39. The zero-order valence-electron chi connectivity index (χ0n) is 7.17. The number of hydrogen-bond acceptors (Lipinski definition) is 2. The highest BCUT2D eigenvalue weighted by molar-refractivity contribution is 9.11. The van der Waals surface area contributed by atoms with Gasteiger partial charge >= 0.3 is 0 Å². The van der Waals surface area contributed by atoms with E-state index in [0.717, 1.165) is 3.79 Å². The predicted octanol–water partition coefficient (Wildman–Crippen LogP) is 3.26. The molecule has 1 atom stereocenters. The van der Waals surface area contributed by atoms with E-state index in [9.17, 15) is 0 Å². The predicted molar refractivity (Wildman–Crippen MR) is 59.3 cm³/mol. The van der Waals surface area contributed by atoms with Crippen LogP contribution in [0.2, 0.25) is 0 Å². The average molecular weight is 246 g/mol. The summed E-state index contributed by atoms with van der Waals surface area (Å²) in [5, 5.41) is 0.